The quantitative estimate of drug-likeness (QED) is 0.264. The van der Waals surface area contributed by atoms with Crippen LogP contribution in [0.3, 0.4) is 0 Å². The zero-order valence-electron chi connectivity index (χ0n) is 12.2. The molecule has 19 heavy (non-hydrogen) atoms. The molecule has 0 aromatic rings. The molecule has 0 radical (unpaired) electrons. The number of ether oxygens (including phenoxy) is 4. The minimum atomic E-state index is -0.928. The highest BCUT2D eigenvalue weighted by Gasteiger charge is 2.30. The van der Waals surface area contributed by atoms with Crippen LogP contribution >= 0.6 is 0 Å². The Morgan fingerprint density at radius 2 is 1.89 bits per heavy atom. The van der Waals surface area contributed by atoms with Crippen LogP contribution in [-0.2, 0) is 23.7 Å². The van der Waals surface area contributed by atoms with E-state index in [4.69, 9.17) is 18.9 Å². The lowest BCUT2D eigenvalue weighted by Crippen LogP contribution is -2.43. The van der Waals surface area contributed by atoms with E-state index in [0.717, 1.165) is 6.08 Å². The number of hydrogen-bond acceptors (Lipinski definition) is 5. The van der Waals surface area contributed by atoms with Crippen LogP contribution in [0, 0.1) is 0 Å². The number of hydrogen-bond donors (Lipinski definition) is 0. The lowest BCUT2D eigenvalue weighted by Gasteiger charge is -2.33. The van der Waals surface area contributed by atoms with Crippen molar-refractivity contribution in [3.63, 3.8) is 0 Å². The van der Waals surface area contributed by atoms with Gasteiger partial charge in [-0.25, -0.2) is 4.79 Å². The van der Waals surface area contributed by atoms with E-state index in [1.54, 1.807) is 13.8 Å². The molecule has 2 atom stereocenters. The predicted molar refractivity (Wildman–Crippen MR) is 72.5 cm³/mol. The molecule has 0 aromatic heterocycles. The summed E-state index contributed by atoms with van der Waals surface area (Å²) in [5, 5.41) is 0. The summed E-state index contributed by atoms with van der Waals surface area (Å²) in [5.74, 6) is -1.41. The predicted octanol–water partition coefficient (Wildman–Crippen LogP) is 2.42. The van der Waals surface area contributed by atoms with Crippen molar-refractivity contribution in [3.8, 4) is 0 Å². The van der Waals surface area contributed by atoms with Gasteiger partial charge in [-0.3, -0.25) is 0 Å². The molecule has 0 N–H and O–H groups in total. The highest BCUT2D eigenvalue weighted by Crippen LogP contribution is 2.18. The van der Waals surface area contributed by atoms with Crippen molar-refractivity contribution in [2.75, 3.05) is 13.2 Å². The molecular formula is C14H24O5. The van der Waals surface area contributed by atoms with Crippen molar-refractivity contribution >= 4 is 5.97 Å². The Morgan fingerprint density at radius 1 is 1.26 bits per heavy atom. The van der Waals surface area contributed by atoms with E-state index in [1.807, 2.05) is 13.8 Å². The van der Waals surface area contributed by atoms with E-state index in [2.05, 4.69) is 13.2 Å². The molecule has 0 rings (SSSR count). The van der Waals surface area contributed by atoms with Crippen molar-refractivity contribution < 1.29 is 23.7 Å². The van der Waals surface area contributed by atoms with Crippen molar-refractivity contribution in [3.05, 3.63) is 25.5 Å². The SMILES string of the molecule is C=COCC(C)(OC(C)C)OC(C)COC(=O)C=C. The molecule has 0 aliphatic rings. The molecule has 5 heteroatoms. The highest BCUT2D eigenvalue weighted by atomic mass is 16.7. The van der Waals surface area contributed by atoms with Gasteiger partial charge in [-0.1, -0.05) is 13.2 Å². The topological polar surface area (TPSA) is 54.0 Å². The molecule has 2 unspecified atom stereocenters. The van der Waals surface area contributed by atoms with Gasteiger partial charge >= 0.3 is 5.97 Å². The number of esters is 1. The van der Waals surface area contributed by atoms with Crippen LogP contribution in [0.1, 0.15) is 27.7 Å². The zero-order chi connectivity index (χ0) is 14.9. The van der Waals surface area contributed by atoms with Crippen LogP contribution in [0.2, 0.25) is 0 Å². The summed E-state index contributed by atoms with van der Waals surface area (Å²) in [6, 6.07) is 0. The van der Waals surface area contributed by atoms with Crippen LogP contribution < -0.4 is 0 Å². The third kappa shape index (κ3) is 8.40. The second kappa shape index (κ2) is 8.72. The lowest BCUT2D eigenvalue weighted by atomic mass is 10.3. The Morgan fingerprint density at radius 3 is 2.37 bits per heavy atom. The van der Waals surface area contributed by atoms with Crippen LogP contribution in [0.25, 0.3) is 0 Å². The summed E-state index contributed by atoms with van der Waals surface area (Å²) in [5.41, 5.74) is 0. The fourth-order valence-electron chi connectivity index (χ4n) is 1.52. The first-order chi connectivity index (χ1) is 8.83. The molecule has 0 amide bonds. The maximum atomic E-state index is 11.0. The summed E-state index contributed by atoms with van der Waals surface area (Å²) in [4.78, 5) is 11.0. The Bertz CT molecular complexity index is 300. The maximum absolute atomic E-state index is 11.0. The Kier molecular flexibility index (Phi) is 8.11. The van der Waals surface area contributed by atoms with Gasteiger partial charge in [-0.15, -0.1) is 0 Å². The van der Waals surface area contributed by atoms with E-state index < -0.39 is 11.8 Å². The molecule has 0 aliphatic heterocycles. The fraction of sp³-hybridized carbons (Fsp3) is 0.643. The normalized spacial score (nSPS) is 15.4. The third-order valence-electron chi connectivity index (χ3n) is 2.03. The lowest BCUT2D eigenvalue weighted by molar-refractivity contribution is -0.279. The van der Waals surface area contributed by atoms with Crippen molar-refractivity contribution in [1.29, 1.82) is 0 Å². The number of rotatable bonds is 10. The molecule has 0 spiro atoms. The van der Waals surface area contributed by atoms with Gasteiger partial charge < -0.3 is 18.9 Å². The molecule has 5 nitrogen and oxygen atoms in total. The van der Waals surface area contributed by atoms with Crippen LogP contribution in [0.15, 0.2) is 25.5 Å². The fourth-order valence-corrected chi connectivity index (χ4v) is 1.52. The van der Waals surface area contributed by atoms with E-state index in [9.17, 15) is 4.79 Å². The van der Waals surface area contributed by atoms with Gasteiger partial charge in [0.25, 0.3) is 0 Å². The largest absolute Gasteiger partial charge is 0.496 e. The monoisotopic (exact) mass is 272 g/mol. The molecule has 0 saturated carbocycles. The first kappa shape index (κ1) is 17.7. The second-order valence-corrected chi connectivity index (χ2v) is 4.54. The van der Waals surface area contributed by atoms with E-state index in [0.29, 0.717) is 0 Å². The summed E-state index contributed by atoms with van der Waals surface area (Å²) in [7, 11) is 0. The summed E-state index contributed by atoms with van der Waals surface area (Å²) >= 11 is 0. The summed E-state index contributed by atoms with van der Waals surface area (Å²) in [6.07, 6.45) is 2.08. The second-order valence-electron chi connectivity index (χ2n) is 4.54. The molecule has 0 saturated heterocycles. The number of carbonyl (C=O) groups excluding carboxylic acids is 1. The minimum Gasteiger partial charge on any atom is -0.496 e. The summed E-state index contributed by atoms with van der Waals surface area (Å²) in [6.45, 7) is 14.5. The average Bonchev–Trinajstić information content (AvgIpc) is 2.32. The highest BCUT2D eigenvalue weighted by molar-refractivity contribution is 5.81. The Labute approximate surface area is 115 Å². The Hall–Kier alpha value is -1.33. The van der Waals surface area contributed by atoms with E-state index in [1.165, 1.54) is 6.26 Å². The number of carbonyl (C=O) groups is 1. The van der Waals surface area contributed by atoms with Gasteiger partial charge in [0, 0.05) is 6.08 Å². The molecule has 0 bridgehead atoms. The molecule has 110 valence electrons. The van der Waals surface area contributed by atoms with Crippen LogP contribution in [0.5, 0.6) is 0 Å². The standard InChI is InChI=1S/C14H24O5/c1-7-13(15)17-9-12(5)19-14(6,10-16-8-2)18-11(3)4/h7-8,11-12H,1-2,9-10H2,3-6H3. The van der Waals surface area contributed by atoms with Crippen LogP contribution in [0.4, 0.5) is 0 Å². The van der Waals surface area contributed by atoms with Gasteiger partial charge in [0.1, 0.15) is 13.2 Å². The first-order valence-corrected chi connectivity index (χ1v) is 6.20. The van der Waals surface area contributed by atoms with Gasteiger partial charge in [-0.2, -0.15) is 0 Å². The Balaban J connectivity index is 4.40. The molecule has 0 fully saturated rings. The van der Waals surface area contributed by atoms with Gasteiger partial charge in [0.05, 0.1) is 18.5 Å². The van der Waals surface area contributed by atoms with Crippen molar-refractivity contribution in [2.24, 2.45) is 0 Å². The van der Waals surface area contributed by atoms with Gasteiger partial charge in [-0.05, 0) is 27.7 Å². The molecule has 0 aromatic carbocycles. The van der Waals surface area contributed by atoms with Gasteiger partial charge in [0.15, 0.2) is 0 Å². The van der Waals surface area contributed by atoms with Gasteiger partial charge in [0.2, 0.25) is 5.79 Å². The first-order valence-electron chi connectivity index (χ1n) is 6.20. The molecule has 0 heterocycles. The third-order valence-corrected chi connectivity index (χ3v) is 2.03. The molecular weight excluding hydrogens is 248 g/mol. The van der Waals surface area contributed by atoms with E-state index >= 15 is 0 Å². The van der Waals surface area contributed by atoms with Crippen molar-refractivity contribution in [2.45, 2.75) is 45.7 Å². The average molecular weight is 272 g/mol. The van der Waals surface area contributed by atoms with E-state index in [-0.39, 0.29) is 25.4 Å². The maximum Gasteiger partial charge on any atom is 0.330 e. The molecule has 0 aliphatic carbocycles. The van der Waals surface area contributed by atoms with Crippen LogP contribution in [-0.4, -0.2) is 37.2 Å². The zero-order valence-corrected chi connectivity index (χ0v) is 12.2. The van der Waals surface area contributed by atoms with Crippen molar-refractivity contribution in [1.82, 2.24) is 0 Å². The summed E-state index contributed by atoms with van der Waals surface area (Å²) < 4.78 is 21.5. The smallest absolute Gasteiger partial charge is 0.330 e. The minimum absolute atomic E-state index is 0.0265.